The molecule has 2 nitrogen and oxygen atoms in total. The van der Waals surface area contributed by atoms with Crippen molar-refractivity contribution in [3.63, 3.8) is 0 Å². The van der Waals surface area contributed by atoms with Crippen molar-refractivity contribution in [3.05, 3.63) is 60.4 Å². The molecule has 0 bridgehead atoms. The maximum Gasteiger partial charge on any atom is 0.175 e. The van der Waals surface area contributed by atoms with Crippen molar-refractivity contribution in [3.8, 4) is 0 Å². The number of para-hydroxylation sites is 1. The minimum Gasteiger partial charge on any atom is -0.332 e. The van der Waals surface area contributed by atoms with Crippen LogP contribution < -0.4 is 10.6 Å². The topological polar surface area (TPSA) is 24.1 Å². The van der Waals surface area contributed by atoms with E-state index < -0.39 is 0 Å². The highest BCUT2D eigenvalue weighted by molar-refractivity contribution is 7.80. The number of anilines is 2. The summed E-state index contributed by atoms with van der Waals surface area (Å²) < 4.78 is 12.7. The summed E-state index contributed by atoms with van der Waals surface area (Å²) in [5, 5.41) is 6.48. The lowest BCUT2D eigenvalue weighted by Gasteiger charge is -2.10. The molecule has 0 radical (unpaired) electrons. The lowest BCUT2D eigenvalue weighted by atomic mass is 10.3. The monoisotopic (exact) mass is 246 g/mol. The van der Waals surface area contributed by atoms with Crippen LogP contribution >= 0.6 is 12.2 Å². The summed E-state index contributed by atoms with van der Waals surface area (Å²) in [5.74, 6) is -0.266. The van der Waals surface area contributed by atoms with E-state index in [2.05, 4.69) is 10.6 Å². The number of nitrogens with one attached hydrogen (secondary N) is 2. The van der Waals surface area contributed by atoms with E-state index in [4.69, 9.17) is 12.2 Å². The average molecular weight is 246 g/mol. The second-order valence-electron chi connectivity index (χ2n) is 3.45. The van der Waals surface area contributed by atoms with Gasteiger partial charge in [-0.25, -0.2) is 4.39 Å². The Balaban J connectivity index is 1.96. The summed E-state index contributed by atoms with van der Waals surface area (Å²) in [5.41, 5.74) is 1.66. The quantitative estimate of drug-likeness (QED) is 0.791. The van der Waals surface area contributed by atoms with Crippen LogP contribution in [0.15, 0.2) is 54.6 Å². The van der Waals surface area contributed by atoms with Gasteiger partial charge in [0, 0.05) is 11.4 Å². The summed E-state index contributed by atoms with van der Waals surface area (Å²) >= 11 is 5.13. The molecule has 0 aromatic heterocycles. The summed E-state index contributed by atoms with van der Waals surface area (Å²) in [6, 6.07) is 15.6. The molecule has 2 N–H and O–H groups in total. The van der Waals surface area contributed by atoms with Crippen molar-refractivity contribution in [2.24, 2.45) is 0 Å². The Morgan fingerprint density at radius 2 is 1.35 bits per heavy atom. The molecule has 0 saturated heterocycles. The van der Waals surface area contributed by atoms with Crippen molar-refractivity contribution in [2.75, 3.05) is 10.6 Å². The van der Waals surface area contributed by atoms with Gasteiger partial charge in [0.2, 0.25) is 0 Å². The maximum absolute atomic E-state index is 12.7. The first-order valence-corrected chi connectivity index (χ1v) is 5.53. The van der Waals surface area contributed by atoms with Crippen LogP contribution in [0.1, 0.15) is 0 Å². The minimum absolute atomic E-state index is 0.266. The number of hydrogen-bond donors (Lipinski definition) is 2. The molecule has 0 atom stereocenters. The molecule has 4 heteroatoms. The normalized spacial score (nSPS) is 9.71. The lowest BCUT2D eigenvalue weighted by Crippen LogP contribution is -2.18. The fourth-order valence-electron chi connectivity index (χ4n) is 1.35. The zero-order valence-corrected chi connectivity index (χ0v) is 9.80. The predicted octanol–water partition coefficient (Wildman–Crippen LogP) is 3.63. The van der Waals surface area contributed by atoms with Gasteiger partial charge in [0.25, 0.3) is 0 Å². The van der Waals surface area contributed by atoms with Gasteiger partial charge in [-0.05, 0) is 48.6 Å². The summed E-state index contributed by atoms with van der Waals surface area (Å²) in [4.78, 5) is 0. The van der Waals surface area contributed by atoms with E-state index in [1.165, 1.54) is 12.1 Å². The second kappa shape index (κ2) is 5.41. The fraction of sp³-hybridized carbons (Fsp3) is 0. The second-order valence-corrected chi connectivity index (χ2v) is 3.86. The highest BCUT2D eigenvalue weighted by Gasteiger charge is 1.98. The molecular formula is C13H11FN2S. The Hall–Kier alpha value is -1.94. The van der Waals surface area contributed by atoms with Gasteiger partial charge >= 0.3 is 0 Å². The number of halogens is 1. The van der Waals surface area contributed by atoms with E-state index in [-0.39, 0.29) is 5.82 Å². The van der Waals surface area contributed by atoms with Gasteiger partial charge in [0.15, 0.2) is 5.11 Å². The fourth-order valence-corrected chi connectivity index (χ4v) is 1.58. The van der Waals surface area contributed by atoms with E-state index in [9.17, 15) is 4.39 Å². The summed E-state index contributed by atoms with van der Waals surface area (Å²) in [7, 11) is 0. The van der Waals surface area contributed by atoms with Crippen LogP contribution in [0.5, 0.6) is 0 Å². The Labute approximate surface area is 104 Å². The molecular weight excluding hydrogens is 235 g/mol. The minimum atomic E-state index is -0.266. The van der Waals surface area contributed by atoms with Crippen LogP contribution in [-0.4, -0.2) is 5.11 Å². The Bertz CT molecular complexity index is 497. The third-order valence-electron chi connectivity index (χ3n) is 2.13. The molecule has 0 aliphatic carbocycles. The zero-order valence-electron chi connectivity index (χ0n) is 8.98. The Morgan fingerprint density at radius 1 is 0.824 bits per heavy atom. The van der Waals surface area contributed by atoms with Crippen molar-refractivity contribution in [1.29, 1.82) is 0 Å². The van der Waals surface area contributed by atoms with Gasteiger partial charge in [0.05, 0.1) is 0 Å². The third-order valence-corrected chi connectivity index (χ3v) is 2.34. The molecule has 0 heterocycles. The average Bonchev–Trinajstić information content (AvgIpc) is 2.33. The number of hydrogen-bond acceptors (Lipinski definition) is 1. The van der Waals surface area contributed by atoms with Gasteiger partial charge < -0.3 is 10.6 Å². The summed E-state index contributed by atoms with van der Waals surface area (Å²) in [6.07, 6.45) is 0. The number of rotatable bonds is 2. The van der Waals surface area contributed by atoms with Gasteiger partial charge in [0.1, 0.15) is 5.82 Å². The van der Waals surface area contributed by atoms with Crippen molar-refractivity contribution in [1.82, 2.24) is 0 Å². The molecule has 2 aromatic carbocycles. The molecule has 2 aromatic rings. The largest absolute Gasteiger partial charge is 0.332 e. The molecule has 0 unspecified atom stereocenters. The first-order chi connectivity index (χ1) is 8.24. The molecule has 0 amide bonds. The van der Waals surface area contributed by atoms with E-state index in [1.54, 1.807) is 12.1 Å². The van der Waals surface area contributed by atoms with Gasteiger partial charge in [-0.1, -0.05) is 18.2 Å². The highest BCUT2D eigenvalue weighted by Crippen LogP contribution is 2.10. The molecule has 0 fully saturated rings. The van der Waals surface area contributed by atoms with Crippen molar-refractivity contribution < 1.29 is 4.39 Å². The number of benzene rings is 2. The molecule has 0 aliphatic rings. The molecule has 86 valence electrons. The van der Waals surface area contributed by atoms with Gasteiger partial charge in [-0.15, -0.1) is 0 Å². The molecule has 0 saturated carbocycles. The van der Waals surface area contributed by atoms with E-state index in [1.807, 2.05) is 30.3 Å². The van der Waals surface area contributed by atoms with Crippen molar-refractivity contribution >= 4 is 28.7 Å². The smallest absolute Gasteiger partial charge is 0.175 e. The highest BCUT2D eigenvalue weighted by atomic mass is 32.1. The molecule has 0 aliphatic heterocycles. The van der Waals surface area contributed by atoms with Crippen LogP contribution in [0.4, 0.5) is 15.8 Å². The van der Waals surface area contributed by atoms with Crippen LogP contribution in [-0.2, 0) is 0 Å². The SMILES string of the molecule is Fc1ccc(NC(=S)Nc2ccccc2)cc1. The van der Waals surface area contributed by atoms with Crippen molar-refractivity contribution in [2.45, 2.75) is 0 Å². The lowest BCUT2D eigenvalue weighted by molar-refractivity contribution is 0.628. The maximum atomic E-state index is 12.7. The van der Waals surface area contributed by atoms with Gasteiger partial charge in [-0.2, -0.15) is 0 Å². The van der Waals surface area contributed by atoms with Crippen LogP contribution in [0, 0.1) is 5.82 Å². The zero-order chi connectivity index (χ0) is 12.1. The van der Waals surface area contributed by atoms with Gasteiger partial charge in [-0.3, -0.25) is 0 Å². The Morgan fingerprint density at radius 3 is 1.94 bits per heavy atom. The van der Waals surface area contributed by atoms with E-state index in [0.29, 0.717) is 5.11 Å². The van der Waals surface area contributed by atoms with Crippen LogP contribution in [0.2, 0.25) is 0 Å². The van der Waals surface area contributed by atoms with E-state index in [0.717, 1.165) is 11.4 Å². The van der Waals surface area contributed by atoms with E-state index >= 15 is 0 Å². The molecule has 17 heavy (non-hydrogen) atoms. The van der Waals surface area contributed by atoms with Crippen LogP contribution in [0.25, 0.3) is 0 Å². The standard InChI is InChI=1S/C13H11FN2S/c14-10-6-8-12(9-7-10)16-13(17)15-11-4-2-1-3-5-11/h1-9H,(H2,15,16,17). The number of thiocarbonyl (C=S) groups is 1. The van der Waals surface area contributed by atoms with Crippen LogP contribution in [0.3, 0.4) is 0 Å². The summed E-state index contributed by atoms with van der Waals surface area (Å²) in [6.45, 7) is 0. The molecule has 2 rings (SSSR count). The first-order valence-electron chi connectivity index (χ1n) is 5.13. The Kier molecular flexibility index (Phi) is 3.67. The first kappa shape index (κ1) is 11.5. The predicted molar refractivity (Wildman–Crippen MR) is 72.7 cm³/mol. The third kappa shape index (κ3) is 3.53. The molecule has 0 spiro atoms.